The Morgan fingerprint density at radius 3 is 2.23 bits per heavy atom. The van der Waals surface area contributed by atoms with Gasteiger partial charge in [0.2, 0.25) is 0 Å². The highest BCUT2D eigenvalue weighted by Crippen LogP contribution is 2.24. The molecular formula is C16H15N3O3. The fourth-order valence-electron chi connectivity index (χ4n) is 2.18. The van der Waals surface area contributed by atoms with Crippen molar-refractivity contribution in [1.29, 1.82) is 0 Å². The Morgan fingerprint density at radius 1 is 1.05 bits per heavy atom. The van der Waals surface area contributed by atoms with E-state index in [9.17, 15) is 10.1 Å². The quantitative estimate of drug-likeness (QED) is 0.694. The highest BCUT2D eigenvalue weighted by molar-refractivity contribution is 5.99. The van der Waals surface area contributed by atoms with E-state index in [-0.39, 0.29) is 5.69 Å². The summed E-state index contributed by atoms with van der Waals surface area (Å²) in [4.78, 5) is 14.6. The van der Waals surface area contributed by atoms with Gasteiger partial charge in [0.15, 0.2) is 0 Å². The lowest BCUT2D eigenvalue weighted by Gasteiger charge is -2.15. The predicted molar refractivity (Wildman–Crippen MR) is 83.6 cm³/mol. The molecule has 3 rings (SSSR count). The van der Waals surface area contributed by atoms with Crippen molar-refractivity contribution in [2.24, 2.45) is 4.99 Å². The van der Waals surface area contributed by atoms with Crippen LogP contribution in [0.5, 0.6) is 11.5 Å². The van der Waals surface area contributed by atoms with Crippen LogP contribution in [0.3, 0.4) is 0 Å². The summed E-state index contributed by atoms with van der Waals surface area (Å²) >= 11 is 0. The van der Waals surface area contributed by atoms with Crippen molar-refractivity contribution in [2.75, 3.05) is 13.1 Å². The van der Waals surface area contributed by atoms with Gasteiger partial charge in [0.05, 0.1) is 4.92 Å². The normalized spacial score (nSPS) is 13.9. The molecule has 0 aromatic heterocycles. The van der Waals surface area contributed by atoms with Gasteiger partial charge in [-0.2, -0.15) is 0 Å². The van der Waals surface area contributed by atoms with Crippen molar-refractivity contribution in [3.05, 3.63) is 64.2 Å². The summed E-state index contributed by atoms with van der Waals surface area (Å²) in [7, 11) is 0. The molecule has 0 unspecified atom stereocenters. The monoisotopic (exact) mass is 297 g/mol. The van der Waals surface area contributed by atoms with Crippen LogP contribution < -0.4 is 10.1 Å². The maximum atomic E-state index is 10.6. The molecule has 6 heteroatoms. The fourth-order valence-corrected chi connectivity index (χ4v) is 2.18. The van der Waals surface area contributed by atoms with Crippen LogP contribution in [0.2, 0.25) is 0 Å². The molecule has 112 valence electrons. The summed E-state index contributed by atoms with van der Waals surface area (Å²) < 4.78 is 5.67. The Labute approximate surface area is 127 Å². The molecule has 2 aromatic rings. The summed E-state index contributed by atoms with van der Waals surface area (Å²) in [6.07, 6.45) is 1.06. The first-order chi connectivity index (χ1) is 10.7. The smallest absolute Gasteiger partial charge is 0.269 e. The zero-order chi connectivity index (χ0) is 15.4. The van der Waals surface area contributed by atoms with Gasteiger partial charge < -0.3 is 10.1 Å². The van der Waals surface area contributed by atoms with Gasteiger partial charge in [0.25, 0.3) is 5.69 Å². The Kier molecular flexibility index (Phi) is 4.00. The second kappa shape index (κ2) is 6.26. The van der Waals surface area contributed by atoms with E-state index < -0.39 is 4.92 Å². The van der Waals surface area contributed by atoms with Crippen molar-refractivity contribution in [1.82, 2.24) is 5.32 Å². The van der Waals surface area contributed by atoms with Gasteiger partial charge in [0.1, 0.15) is 17.3 Å². The number of amidine groups is 1. The van der Waals surface area contributed by atoms with Gasteiger partial charge in [0, 0.05) is 30.8 Å². The number of non-ortho nitro benzene ring substituents is 1. The molecule has 0 atom stereocenters. The van der Waals surface area contributed by atoms with Crippen LogP contribution in [0.4, 0.5) is 5.69 Å². The predicted octanol–water partition coefficient (Wildman–Crippen LogP) is 3.13. The molecule has 0 spiro atoms. The standard InChI is InChI=1S/C16H15N3O3/c20-19(21)13-4-8-15(9-5-13)22-14-6-2-12(3-7-14)16-17-10-1-11-18-16/h2-9H,1,10-11H2,(H,17,18). The van der Waals surface area contributed by atoms with Crippen molar-refractivity contribution in [2.45, 2.75) is 6.42 Å². The van der Waals surface area contributed by atoms with Crippen LogP contribution in [-0.4, -0.2) is 23.8 Å². The summed E-state index contributed by atoms with van der Waals surface area (Å²) in [6.45, 7) is 1.79. The van der Waals surface area contributed by atoms with Gasteiger partial charge in [-0.1, -0.05) is 0 Å². The molecule has 0 fully saturated rings. The number of nitrogens with one attached hydrogen (secondary N) is 1. The highest BCUT2D eigenvalue weighted by Gasteiger charge is 2.08. The van der Waals surface area contributed by atoms with E-state index in [4.69, 9.17) is 4.74 Å². The topological polar surface area (TPSA) is 76.8 Å². The minimum atomic E-state index is -0.434. The molecule has 0 saturated heterocycles. The molecule has 0 radical (unpaired) electrons. The molecular weight excluding hydrogens is 282 g/mol. The third-order valence-electron chi connectivity index (χ3n) is 3.31. The van der Waals surface area contributed by atoms with E-state index in [1.165, 1.54) is 12.1 Å². The fraction of sp³-hybridized carbons (Fsp3) is 0.188. The maximum absolute atomic E-state index is 10.6. The Hall–Kier alpha value is -2.89. The zero-order valence-corrected chi connectivity index (χ0v) is 11.9. The molecule has 1 N–H and O–H groups in total. The number of nitrogens with zero attached hydrogens (tertiary/aromatic N) is 2. The van der Waals surface area contributed by atoms with Crippen molar-refractivity contribution >= 4 is 11.5 Å². The molecule has 1 aliphatic rings. The molecule has 0 aliphatic carbocycles. The molecule has 1 heterocycles. The Morgan fingerprint density at radius 2 is 1.68 bits per heavy atom. The van der Waals surface area contributed by atoms with Crippen LogP contribution in [0, 0.1) is 10.1 Å². The van der Waals surface area contributed by atoms with Crippen molar-refractivity contribution in [3.63, 3.8) is 0 Å². The van der Waals surface area contributed by atoms with Crippen molar-refractivity contribution < 1.29 is 9.66 Å². The van der Waals surface area contributed by atoms with E-state index in [1.807, 2.05) is 24.3 Å². The Balaban J connectivity index is 1.70. The zero-order valence-electron chi connectivity index (χ0n) is 11.9. The van der Waals surface area contributed by atoms with Gasteiger partial charge >= 0.3 is 0 Å². The van der Waals surface area contributed by atoms with Gasteiger partial charge in [-0.3, -0.25) is 15.1 Å². The van der Waals surface area contributed by atoms with Crippen LogP contribution in [0.15, 0.2) is 53.5 Å². The van der Waals surface area contributed by atoms with Gasteiger partial charge in [-0.05, 0) is 42.8 Å². The second-order valence-corrected chi connectivity index (χ2v) is 4.89. The summed E-state index contributed by atoms with van der Waals surface area (Å²) in [6, 6.07) is 13.6. The second-order valence-electron chi connectivity index (χ2n) is 4.89. The summed E-state index contributed by atoms with van der Waals surface area (Å²) in [5, 5.41) is 13.9. The molecule has 1 aliphatic heterocycles. The highest BCUT2D eigenvalue weighted by atomic mass is 16.6. The largest absolute Gasteiger partial charge is 0.457 e. The lowest BCUT2D eigenvalue weighted by molar-refractivity contribution is -0.384. The SMILES string of the molecule is O=[N+]([O-])c1ccc(Oc2ccc(C3=NCCCN3)cc2)cc1. The lowest BCUT2D eigenvalue weighted by Crippen LogP contribution is -2.30. The van der Waals surface area contributed by atoms with E-state index in [1.54, 1.807) is 12.1 Å². The average molecular weight is 297 g/mol. The first kappa shape index (κ1) is 14.1. The molecule has 6 nitrogen and oxygen atoms in total. The third kappa shape index (κ3) is 3.22. The molecule has 0 saturated carbocycles. The number of aliphatic imine (C=N–C) groups is 1. The number of rotatable bonds is 4. The van der Waals surface area contributed by atoms with Crippen LogP contribution >= 0.6 is 0 Å². The van der Waals surface area contributed by atoms with Crippen molar-refractivity contribution in [3.8, 4) is 11.5 Å². The van der Waals surface area contributed by atoms with Gasteiger partial charge in [-0.15, -0.1) is 0 Å². The Bertz CT molecular complexity index is 694. The molecule has 0 bridgehead atoms. The number of nitro groups is 1. The average Bonchev–Trinajstić information content (AvgIpc) is 2.57. The number of nitro benzene ring substituents is 1. The summed E-state index contributed by atoms with van der Waals surface area (Å²) in [5.74, 6) is 2.15. The molecule has 22 heavy (non-hydrogen) atoms. The first-order valence-corrected chi connectivity index (χ1v) is 7.03. The van der Waals surface area contributed by atoms with E-state index in [2.05, 4.69) is 10.3 Å². The number of benzene rings is 2. The maximum Gasteiger partial charge on any atom is 0.269 e. The number of hydrogen-bond donors (Lipinski definition) is 1. The van der Waals surface area contributed by atoms with E-state index >= 15 is 0 Å². The van der Waals surface area contributed by atoms with Crippen LogP contribution in [-0.2, 0) is 0 Å². The van der Waals surface area contributed by atoms with E-state index in [0.29, 0.717) is 11.5 Å². The first-order valence-electron chi connectivity index (χ1n) is 7.03. The molecule has 2 aromatic carbocycles. The molecule has 0 amide bonds. The third-order valence-corrected chi connectivity index (χ3v) is 3.31. The van der Waals surface area contributed by atoms with Crippen LogP contribution in [0.1, 0.15) is 12.0 Å². The number of ether oxygens (including phenoxy) is 1. The minimum Gasteiger partial charge on any atom is -0.457 e. The summed E-state index contributed by atoms with van der Waals surface area (Å²) in [5.41, 5.74) is 1.07. The van der Waals surface area contributed by atoms with Gasteiger partial charge in [-0.25, -0.2) is 0 Å². The van der Waals surface area contributed by atoms with E-state index in [0.717, 1.165) is 30.9 Å². The van der Waals surface area contributed by atoms with Crippen LogP contribution in [0.25, 0.3) is 0 Å². The number of hydrogen-bond acceptors (Lipinski definition) is 5. The lowest BCUT2D eigenvalue weighted by atomic mass is 10.1. The minimum absolute atomic E-state index is 0.0454.